The summed E-state index contributed by atoms with van der Waals surface area (Å²) in [4.78, 5) is 9.19. The highest BCUT2D eigenvalue weighted by Crippen LogP contribution is 2.40. The minimum atomic E-state index is 0.571. The molecule has 0 bridgehead atoms. The number of hydrogen-bond donors (Lipinski definition) is 2. The van der Waals surface area contributed by atoms with Crippen LogP contribution in [0.3, 0.4) is 0 Å². The van der Waals surface area contributed by atoms with Crippen LogP contribution in [0.1, 0.15) is 35.6 Å². The molecule has 1 aromatic heterocycles. The predicted molar refractivity (Wildman–Crippen MR) is 84.4 cm³/mol. The highest BCUT2D eigenvalue weighted by Gasteiger charge is 2.26. The van der Waals surface area contributed by atoms with Crippen LogP contribution in [0.5, 0.6) is 0 Å². The molecule has 0 atom stereocenters. The number of nitrogens with two attached hydrogens (primary N) is 1. The van der Waals surface area contributed by atoms with Gasteiger partial charge in [-0.15, -0.1) is 0 Å². The van der Waals surface area contributed by atoms with E-state index in [1.54, 1.807) is 0 Å². The fourth-order valence-electron chi connectivity index (χ4n) is 2.33. The Bertz CT molecular complexity index is 642. The third-order valence-corrected chi connectivity index (χ3v) is 4.83. The fourth-order valence-corrected chi connectivity index (χ4v) is 2.56. The Morgan fingerprint density at radius 1 is 1.15 bits per heavy atom. The van der Waals surface area contributed by atoms with Crippen LogP contribution in [0.4, 0.5) is 5.82 Å². The van der Waals surface area contributed by atoms with Crippen LogP contribution in [0.15, 0.2) is 22.7 Å². The molecular weight excluding hydrogens is 316 g/mol. The zero-order valence-electron chi connectivity index (χ0n) is 11.6. The van der Waals surface area contributed by atoms with E-state index in [9.17, 15) is 0 Å². The number of halogens is 1. The zero-order chi connectivity index (χ0) is 14.3. The molecule has 1 saturated carbocycles. The van der Waals surface area contributed by atoms with Crippen LogP contribution in [-0.2, 0) is 0 Å². The van der Waals surface area contributed by atoms with Gasteiger partial charge in [-0.3, -0.25) is 0 Å². The third kappa shape index (κ3) is 2.55. The first kappa shape index (κ1) is 13.5. The molecule has 0 radical (unpaired) electrons. The lowest BCUT2D eigenvalue weighted by atomic mass is 10.1. The second-order valence-corrected chi connectivity index (χ2v) is 6.14. The molecule has 0 unspecified atom stereocenters. The van der Waals surface area contributed by atoms with Crippen LogP contribution in [0.2, 0.25) is 0 Å². The van der Waals surface area contributed by atoms with E-state index >= 15 is 0 Å². The second kappa shape index (κ2) is 5.14. The highest BCUT2D eigenvalue weighted by atomic mass is 79.9. The fraction of sp³-hybridized carbons (Fsp3) is 0.333. The average molecular weight is 333 g/mol. The SMILES string of the molecule is Cc1cc(-c2nc(NN)cc(C3CC3)n2)cc(C)c1Br. The number of rotatable bonds is 3. The Kier molecular flexibility index (Phi) is 3.48. The number of aryl methyl sites for hydroxylation is 2. The summed E-state index contributed by atoms with van der Waals surface area (Å²) < 4.78 is 1.14. The largest absolute Gasteiger partial charge is 0.308 e. The van der Waals surface area contributed by atoms with E-state index < -0.39 is 0 Å². The monoisotopic (exact) mass is 332 g/mol. The standard InChI is InChI=1S/C15H17BrN4/c1-8-5-11(6-9(2)14(8)16)15-18-12(10-3-4-10)7-13(19-15)20-17/h5-7,10H,3-4,17H2,1-2H3,(H,18,19,20). The van der Waals surface area contributed by atoms with Crippen molar-refractivity contribution < 1.29 is 0 Å². The van der Waals surface area contributed by atoms with Crippen molar-refractivity contribution in [2.45, 2.75) is 32.6 Å². The third-order valence-electron chi connectivity index (χ3n) is 3.58. The van der Waals surface area contributed by atoms with Crippen molar-refractivity contribution in [3.8, 4) is 11.4 Å². The van der Waals surface area contributed by atoms with E-state index in [1.807, 2.05) is 6.07 Å². The first-order chi connectivity index (χ1) is 9.58. The minimum Gasteiger partial charge on any atom is -0.308 e. The first-order valence-corrected chi connectivity index (χ1v) is 7.50. The van der Waals surface area contributed by atoms with E-state index in [-0.39, 0.29) is 0 Å². The molecule has 3 N–H and O–H groups in total. The zero-order valence-corrected chi connectivity index (χ0v) is 13.2. The summed E-state index contributed by atoms with van der Waals surface area (Å²) in [7, 11) is 0. The number of aromatic nitrogens is 2. The van der Waals surface area contributed by atoms with Crippen molar-refractivity contribution in [3.63, 3.8) is 0 Å². The summed E-state index contributed by atoms with van der Waals surface area (Å²) in [5, 5.41) is 0. The Morgan fingerprint density at radius 2 is 1.80 bits per heavy atom. The average Bonchev–Trinajstić information content (AvgIpc) is 3.28. The van der Waals surface area contributed by atoms with E-state index in [4.69, 9.17) is 10.8 Å². The van der Waals surface area contributed by atoms with Gasteiger partial charge in [0.2, 0.25) is 0 Å². The van der Waals surface area contributed by atoms with Crippen LogP contribution in [-0.4, -0.2) is 9.97 Å². The van der Waals surface area contributed by atoms with Gasteiger partial charge >= 0.3 is 0 Å². The van der Waals surface area contributed by atoms with Crippen molar-refractivity contribution in [1.82, 2.24) is 9.97 Å². The van der Waals surface area contributed by atoms with Gasteiger partial charge in [-0.2, -0.15) is 0 Å². The molecule has 1 aromatic carbocycles. The molecule has 0 amide bonds. The number of benzene rings is 1. The van der Waals surface area contributed by atoms with Gasteiger partial charge in [0, 0.05) is 27.7 Å². The van der Waals surface area contributed by atoms with E-state index in [2.05, 4.69) is 52.3 Å². The smallest absolute Gasteiger partial charge is 0.161 e. The highest BCUT2D eigenvalue weighted by molar-refractivity contribution is 9.10. The summed E-state index contributed by atoms with van der Waals surface area (Å²) >= 11 is 3.59. The van der Waals surface area contributed by atoms with Gasteiger partial charge in [0.15, 0.2) is 5.82 Å². The molecule has 1 heterocycles. The number of nitrogen functional groups attached to an aromatic ring is 1. The van der Waals surface area contributed by atoms with Gasteiger partial charge in [0.1, 0.15) is 5.82 Å². The van der Waals surface area contributed by atoms with Crippen LogP contribution in [0, 0.1) is 13.8 Å². The molecule has 1 fully saturated rings. The maximum atomic E-state index is 5.52. The normalized spacial score (nSPS) is 14.4. The number of hydrogen-bond acceptors (Lipinski definition) is 4. The number of hydrazine groups is 1. The maximum absolute atomic E-state index is 5.52. The van der Waals surface area contributed by atoms with Crippen LogP contribution >= 0.6 is 15.9 Å². The number of nitrogens with zero attached hydrogens (tertiary/aromatic N) is 2. The van der Waals surface area contributed by atoms with Gasteiger partial charge in [-0.05, 0) is 49.9 Å². The van der Waals surface area contributed by atoms with Gasteiger partial charge in [-0.25, -0.2) is 15.8 Å². The molecule has 1 aliphatic carbocycles. The molecule has 104 valence electrons. The van der Waals surface area contributed by atoms with Crippen LogP contribution < -0.4 is 11.3 Å². The van der Waals surface area contributed by atoms with Crippen molar-refractivity contribution in [2.75, 3.05) is 5.43 Å². The summed E-state index contributed by atoms with van der Waals surface area (Å²) in [5.74, 6) is 7.51. The van der Waals surface area contributed by atoms with E-state index in [0.717, 1.165) is 21.6 Å². The molecule has 0 spiro atoms. The topological polar surface area (TPSA) is 63.8 Å². The molecular formula is C15H17BrN4. The molecule has 0 saturated heterocycles. The Labute approximate surface area is 126 Å². The second-order valence-electron chi connectivity index (χ2n) is 5.34. The Balaban J connectivity index is 2.11. The Morgan fingerprint density at radius 3 is 2.35 bits per heavy atom. The molecule has 2 aromatic rings. The maximum Gasteiger partial charge on any atom is 0.161 e. The van der Waals surface area contributed by atoms with Crippen molar-refractivity contribution >= 4 is 21.7 Å². The quantitative estimate of drug-likeness (QED) is 0.664. The van der Waals surface area contributed by atoms with Gasteiger partial charge in [0.05, 0.1) is 0 Å². The molecule has 4 nitrogen and oxygen atoms in total. The van der Waals surface area contributed by atoms with Gasteiger partial charge in [-0.1, -0.05) is 15.9 Å². The molecule has 3 rings (SSSR count). The van der Waals surface area contributed by atoms with E-state index in [0.29, 0.717) is 11.7 Å². The lowest BCUT2D eigenvalue weighted by Gasteiger charge is -2.10. The predicted octanol–water partition coefficient (Wildman–Crippen LogP) is 3.69. The molecule has 1 aliphatic rings. The number of anilines is 1. The Hall–Kier alpha value is -1.46. The molecule has 5 heteroatoms. The minimum absolute atomic E-state index is 0.571. The van der Waals surface area contributed by atoms with Crippen molar-refractivity contribution in [3.05, 3.63) is 39.5 Å². The summed E-state index contributed by atoms with van der Waals surface area (Å²) in [6.45, 7) is 4.15. The summed E-state index contributed by atoms with van der Waals surface area (Å²) in [5.41, 5.74) is 7.12. The lowest BCUT2D eigenvalue weighted by Crippen LogP contribution is -2.10. The van der Waals surface area contributed by atoms with Gasteiger partial charge < -0.3 is 5.43 Å². The lowest BCUT2D eigenvalue weighted by molar-refractivity contribution is 0.990. The molecule has 20 heavy (non-hydrogen) atoms. The van der Waals surface area contributed by atoms with Crippen molar-refractivity contribution in [1.29, 1.82) is 0 Å². The first-order valence-electron chi connectivity index (χ1n) is 6.71. The van der Waals surface area contributed by atoms with Crippen molar-refractivity contribution in [2.24, 2.45) is 5.84 Å². The van der Waals surface area contributed by atoms with Crippen LogP contribution in [0.25, 0.3) is 11.4 Å². The summed E-state index contributed by atoms with van der Waals surface area (Å²) in [6.07, 6.45) is 2.41. The van der Waals surface area contributed by atoms with E-state index in [1.165, 1.54) is 24.0 Å². The van der Waals surface area contributed by atoms with Gasteiger partial charge in [0.25, 0.3) is 0 Å². The summed E-state index contributed by atoms with van der Waals surface area (Å²) in [6, 6.07) is 6.15. The molecule has 0 aliphatic heterocycles. The number of nitrogens with one attached hydrogen (secondary N) is 1.